The molecule has 1 aromatic carbocycles. The smallest absolute Gasteiger partial charge is 0.338 e. The molecule has 0 bridgehead atoms. The minimum absolute atomic E-state index is 0.139. The molecule has 0 spiro atoms. The summed E-state index contributed by atoms with van der Waals surface area (Å²) in [6.45, 7) is 7.24. The molecule has 34 heavy (non-hydrogen) atoms. The first kappa shape index (κ1) is 22.3. The first-order valence-corrected chi connectivity index (χ1v) is 11.6. The summed E-state index contributed by atoms with van der Waals surface area (Å²) in [5.74, 6) is -0.356. The summed E-state index contributed by atoms with van der Waals surface area (Å²) in [6, 6.07) is 5.89. The second-order valence-corrected chi connectivity index (χ2v) is 8.99. The van der Waals surface area contributed by atoms with Crippen LogP contribution >= 0.6 is 0 Å². The number of piperidine rings is 1. The summed E-state index contributed by atoms with van der Waals surface area (Å²) in [4.78, 5) is 31.3. The molecule has 178 valence electrons. The fourth-order valence-corrected chi connectivity index (χ4v) is 4.75. The van der Waals surface area contributed by atoms with E-state index in [0.29, 0.717) is 17.9 Å². The molecule has 1 saturated heterocycles. The number of aryl methyl sites for hydroxylation is 1. The molecule has 1 fully saturated rings. The van der Waals surface area contributed by atoms with Crippen LogP contribution in [0, 0.1) is 13.8 Å². The van der Waals surface area contributed by atoms with E-state index < -0.39 is 0 Å². The Morgan fingerprint density at radius 1 is 1.26 bits per heavy atom. The maximum Gasteiger partial charge on any atom is 0.338 e. The number of anilines is 1. The van der Waals surface area contributed by atoms with Gasteiger partial charge in [-0.3, -0.25) is 4.79 Å². The van der Waals surface area contributed by atoms with Gasteiger partial charge in [0.15, 0.2) is 0 Å². The summed E-state index contributed by atoms with van der Waals surface area (Å²) < 4.78 is 5.16. The second-order valence-electron chi connectivity index (χ2n) is 8.99. The quantitative estimate of drug-likeness (QED) is 0.554. The lowest BCUT2D eigenvalue weighted by atomic mass is 9.96. The van der Waals surface area contributed by atoms with Gasteiger partial charge in [0.2, 0.25) is 0 Å². The van der Waals surface area contributed by atoms with Crippen molar-refractivity contribution in [3.05, 3.63) is 57.9 Å². The zero-order chi connectivity index (χ0) is 23.7. The molecule has 0 radical (unpaired) electrons. The molecule has 3 aliphatic rings. The van der Waals surface area contributed by atoms with Gasteiger partial charge in [0.25, 0.3) is 5.91 Å². The van der Waals surface area contributed by atoms with Crippen LogP contribution in [0.2, 0.25) is 0 Å². The average Bonchev–Trinajstić information content (AvgIpc) is 3.50. The molecule has 10 heteroatoms. The normalized spacial score (nSPS) is 18.1. The summed E-state index contributed by atoms with van der Waals surface area (Å²) >= 11 is 0. The maximum absolute atomic E-state index is 12.8. The number of likely N-dealkylation sites (tertiary alicyclic amines) is 1. The lowest BCUT2D eigenvalue weighted by molar-refractivity contribution is 0.0534. The van der Waals surface area contributed by atoms with Gasteiger partial charge >= 0.3 is 5.97 Å². The molecule has 1 amide bonds. The molecule has 2 aromatic rings. The van der Waals surface area contributed by atoms with E-state index in [2.05, 4.69) is 44.4 Å². The number of amides is 1. The average molecular weight is 464 g/mol. The highest BCUT2D eigenvalue weighted by atomic mass is 16.5. The third kappa shape index (κ3) is 4.46. The molecule has 3 N–H and O–H groups in total. The number of ether oxygens (including phenoxy) is 1. The van der Waals surface area contributed by atoms with E-state index in [0.717, 1.165) is 55.7 Å². The Balaban J connectivity index is 1.11. The number of hydrazone groups is 1. The van der Waals surface area contributed by atoms with Crippen molar-refractivity contribution in [3.63, 3.8) is 0 Å². The van der Waals surface area contributed by atoms with Crippen LogP contribution in [0.3, 0.4) is 0 Å². The van der Waals surface area contributed by atoms with Crippen molar-refractivity contribution in [2.75, 3.05) is 24.6 Å². The van der Waals surface area contributed by atoms with Crippen molar-refractivity contribution < 1.29 is 14.3 Å². The summed E-state index contributed by atoms with van der Waals surface area (Å²) in [5.41, 5.74) is 11.9. The van der Waals surface area contributed by atoms with E-state index in [1.54, 1.807) is 23.6 Å². The van der Waals surface area contributed by atoms with E-state index in [-0.39, 0.29) is 17.9 Å². The SMILES string of the molecule is Cc1cc(C(=O)NC2CCN(CCc3ccc4c(c3C)COC4=O)CC2)ncc1N1C=NNN1. The van der Waals surface area contributed by atoms with Gasteiger partial charge in [-0.2, -0.15) is 5.10 Å². The highest BCUT2D eigenvalue weighted by Gasteiger charge is 2.25. The van der Waals surface area contributed by atoms with Crippen LogP contribution in [-0.4, -0.2) is 53.8 Å². The van der Waals surface area contributed by atoms with Crippen LogP contribution in [0.25, 0.3) is 0 Å². The second kappa shape index (κ2) is 9.40. The van der Waals surface area contributed by atoms with E-state index in [1.165, 1.54) is 11.1 Å². The number of rotatable bonds is 6. The van der Waals surface area contributed by atoms with Crippen LogP contribution < -0.4 is 21.4 Å². The minimum atomic E-state index is -0.217. The van der Waals surface area contributed by atoms with E-state index >= 15 is 0 Å². The third-order valence-corrected chi connectivity index (χ3v) is 6.88. The highest BCUT2D eigenvalue weighted by molar-refractivity contribution is 5.94. The van der Waals surface area contributed by atoms with Crippen molar-refractivity contribution >= 4 is 23.9 Å². The Labute approximate surface area is 198 Å². The molecule has 4 heterocycles. The summed E-state index contributed by atoms with van der Waals surface area (Å²) in [7, 11) is 0. The fourth-order valence-electron chi connectivity index (χ4n) is 4.75. The molecular formula is C24H29N7O3. The molecule has 0 atom stereocenters. The largest absolute Gasteiger partial charge is 0.457 e. The standard InChI is InChI=1S/C24H29N7O3/c1-15-11-21(25-12-22(15)31-14-26-28-29-31)23(32)27-18-6-9-30(10-7-18)8-5-17-3-4-19-20(16(17)2)13-34-24(19)33/h3-4,11-12,14,18,28-29H,5-10,13H2,1-2H3,(H,27,32). The number of pyridine rings is 1. The first-order chi connectivity index (χ1) is 16.5. The third-order valence-electron chi connectivity index (χ3n) is 6.88. The van der Waals surface area contributed by atoms with Gasteiger partial charge in [-0.25, -0.2) is 20.3 Å². The maximum atomic E-state index is 12.8. The van der Waals surface area contributed by atoms with Crippen molar-refractivity contribution in [2.45, 2.75) is 45.8 Å². The predicted molar refractivity (Wildman–Crippen MR) is 127 cm³/mol. The van der Waals surface area contributed by atoms with Gasteiger partial charge in [-0.05, 0) is 61.9 Å². The van der Waals surface area contributed by atoms with Crippen molar-refractivity contribution in [3.8, 4) is 0 Å². The predicted octanol–water partition coefficient (Wildman–Crippen LogP) is 1.58. The number of fused-ring (bicyclic) bond motifs is 1. The zero-order valence-electron chi connectivity index (χ0n) is 19.4. The zero-order valence-corrected chi connectivity index (χ0v) is 19.4. The van der Waals surface area contributed by atoms with Gasteiger partial charge < -0.3 is 15.0 Å². The molecule has 3 aliphatic heterocycles. The molecule has 0 unspecified atom stereocenters. The van der Waals surface area contributed by atoms with E-state index in [9.17, 15) is 9.59 Å². The van der Waals surface area contributed by atoms with Gasteiger partial charge in [0.1, 0.15) is 18.6 Å². The molecule has 0 aliphatic carbocycles. The molecule has 10 nitrogen and oxygen atoms in total. The van der Waals surface area contributed by atoms with Gasteiger partial charge in [-0.1, -0.05) is 6.07 Å². The molecule has 1 aromatic heterocycles. The number of hydrogen-bond donors (Lipinski definition) is 3. The molecular weight excluding hydrogens is 434 g/mol. The molecule has 0 saturated carbocycles. The number of carbonyl (C=O) groups excluding carboxylic acids is 2. The van der Waals surface area contributed by atoms with Crippen LogP contribution in [0.5, 0.6) is 0 Å². The Kier molecular flexibility index (Phi) is 6.16. The Hall–Kier alpha value is -3.50. The molecule has 5 rings (SSSR count). The summed E-state index contributed by atoms with van der Waals surface area (Å²) in [5, 5.41) is 8.74. The Morgan fingerprint density at radius 3 is 2.82 bits per heavy atom. The number of aromatic nitrogens is 1. The van der Waals surface area contributed by atoms with Crippen LogP contribution in [0.1, 0.15) is 55.9 Å². The van der Waals surface area contributed by atoms with Gasteiger partial charge in [0, 0.05) is 31.2 Å². The monoisotopic (exact) mass is 463 g/mol. The lowest BCUT2D eigenvalue weighted by Gasteiger charge is -2.32. The number of nitrogens with zero attached hydrogens (tertiary/aromatic N) is 4. The van der Waals surface area contributed by atoms with Gasteiger partial charge in [-0.15, -0.1) is 5.53 Å². The van der Waals surface area contributed by atoms with Crippen molar-refractivity contribution in [1.82, 2.24) is 26.3 Å². The van der Waals surface area contributed by atoms with E-state index in [1.807, 2.05) is 13.0 Å². The van der Waals surface area contributed by atoms with Crippen LogP contribution in [0.15, 0.2) is 29.5 Å². The number of nitrogens with one attached hydrogen (secondary N) is 3. The van der Waals surface area contributed by atoms with Crippen molar-refractivity contribution in [2.24, 2.45) is 5.10 Å². The summed E-state index contributed by atoms with van der Waals surface area (Å²) in [6.07, 6.45) is 6.04. The van der Waals surface area contributed by atoms with Crippen LogP contribution in [0.4, 0.5) is 5.69 Å². The highest BCUT2D eigenvalue weighted by Crippen LogP contribution is 2.26. The number of hydrogen-bond acceptors (Lipinski definition) is 9. The fraction of sp³-hybridized carbons (Fsp3) is 0.417. The number of benzene rings is 1. The van der Waals surface area contributed by atoms with E-state index in [4.69, 9.17) is 4.74 Å². The Morgan fingerprint density at radius 2 is 2.09 bits per heavy atom. The minimum Gasteiger partial charge on any atom is -0.457 e. The first-order valence-electron chi connectivity index (χ1n) is 11.6. The number of carbonyl (C=O) groups is 2. The number of esters is 1. The number of hydrazine groups is 2. The van der Waals surface area contributed by atoms with Crippen molar-refractivity contribution in [1.29, 1.82) is 0 Å². The Bertz CT molecular complexity index is 1140. The van der Waals surface area contributed by atoms with Gasteiger partial charge in [0.05, 0.1) is 17.4 Å². The topological polar surface area (TPSA) is 111 Å². The van der Waals surface area contributed by atoms with Crippen LogP contribution in [-0.2, 0) is 17.8 Å². The number of cyclic esters (lactones) is 1. The lowest BCUT2D eigenvalue weighted by Crippen LogP contribution is -2.45.